The van der Waals surface area contributed by atoms with Gasteiger partial charge in [0.25, 0.3) is 0 Å². The Morgan fingerprint density at radius 2 is 0.938 bits per heavy atom. The molecular weight excluding hydrogens is 627 g/mol. The second kappa shape index (κ2) is 35.4. The van der Waals surface area contributed by atoms with Crippen molar-refractivity contribution in [3.63, 3.8) is 0 Å². The number of unbranched alkanes of at least 4 members (excludes halogenated alkanes) is 22. The maximum Gasteiger partial charge on any atom is 0.469 e. The molecule has 0 aromatic heterocycles. The van der Waals surface area contributed by atoms with E-state index in [0.29, 0.717) is 6.42 Å². The third kappa shape index (κ3) is 37.4. The van der Waals surface area contributed by atoms with Crippen molar-refractivity contribution in [3.05, 3.63) is 24.3 Å². The van der Waals surface area contributed by atoms with Crippen LogP contribution in [0.3, 0.4) is 0 Å². The lowest BCUT2D eigenvalue weighted by Crippen LogP contribution is -2.29. The summed E-state index contributed by atoms with van der Waals surface area (Å²) in [6, 6.07) is 0. The number of phosphoric ester groups is 1. The maximum atomic E-state index is 12.3. The Labute approximate surface area is 294 Å². The number of carbonyl (C=O) groups is 2. The van der Waals surface area contributed by atoms with Crippen LogP contribution < -0.4 is 0 Å². The molecule has 0 bridgehead atoms. The van der Waals surface area contributed by atoms with Gasteiger partial charge in [0.05, 0.1) is 6.61 Å². The van der Waals surface area contributed by atoms with E-state index in [1.165, 1.54) is 122 Å². The van der Waals surface area contributed by atoms with E-state index < -0.39 is 32.5 Å². The highest BCUT2D eigenvalue weighted by Crippen LogP contribution is 2.36. The smallest absolute Gasteiger partial charge is 0.462 e. The minimum atomic E-state index is -4.76. The van der Waals surface area contributed by atoms with Gasteiger partial charge in [0, 0.05) is 12.8 Å². The van der Waals surface area contributed by atoms with Gasteiger partial charge >= 0.3 is 19.8 Å². The van der Waals surface area contributed by atoms with E-state index in [2.05, 4.69) is 36.6 Å². The SMILES string of the molecule is CCCC/C=C/CCCCCCCCCCCC(=O)OC[C@H](COP(=O)(O)O)OC(=O)CC/C=C/CCCCCCCCCCCCC. The molecule has 282 valence electrons. The first-order valence-electron chi connectivity index (χ1n) is 19.6. The molecule has 0 aromatic carbocycles. The largest absolute Gasteiger partial charge is 0.469 e. The van der Waals surface area contributed by atoms with Crippen molar-refractivity contribution in [2.24, 2.45) is 0 Å². The fourth-order valence-electron chi connectivity index (χ4n) is 5.49. The second-order valence-corrected chi connectivity index (χ2v) is 14.5. The van der Waals surface area contributed by atoms with Crippen LogP contribution in [-0.4, -0.2) is 41.0 Å². The predicted molar refractivity (Wildman–Crippen MR) is 198 cm³/mol. The van der Waals surface area contributed by atoms with E-state index >= 15 is 0 Å². The topological polar surface area (TPSA) is 119 Å². The lowest BCUT2D eigenvalue weighted by molar-refractivity contribution is -0.161. The number of ether oxygens (including phenoxy) is 2. The summed E-state index contributed by atoms with van der Waals surface area (Å²) in [6.45, 7) is 3.62. The van der Waals surface area contributed by atoms with Crippen LogP contribution in [0.1, 0.15) is 194 Å². The molecule has 0 saturated heterocycles. The summed E-state index contributed by atoms with van der Waals surface area (Å²) in [5.41, 5.74) is 0. The van der Waals surface area contributed by atoms with Crippen molar-refractivity contribution >= 4 is 19.8 Å². The molecule has 9 heteroatoms. The standard InChI is InChI=1S/C39H73O8P/c1-3-5-7-9-11-13-15-17-19-21-23-25-27-29-31-33-38(40)45-35-37(36-46-48(42,43)44)47-39(41)34-32-30-28-26-24-22-20-18-16-14-12-10-8-6-4-2/h9,11,28,30,37H,3-8,10,12-27,29,31-36H2,1-2H3,(H2,42,43,44)/b11-9+,30-28+/t37-/m1/s1. The first-order valence-corrected chi connectivity index (χ1v) is 21.2. The molecule has 0 fully saturated rings. The van der Waals surface area contributed by atoms with Gasteiger partial charge in [-0.3, -0.25) is 14.1 Å². The van der Waals surface area contributed by atoms with Gasteiger partial charge in [-0.1, -0.05) is 160 Å². The molecule has 0 radical (unpaired) electrons. The minimum Gasteiger partial charge on any atom is -0.462 e. The third-order valence-corrected chi connectivity index (χ3v) is 8.94. The van der Waals surface area contributed by atoms with Crippen LogP contribution in [0.5, 0.6) is 0 Å². The maximum absolute atomic E-state index is 12.3. The molecule has 0 heterocycles. The molecule has 0 aliphatic carbocycles. The van der Waals surface area contributed by atoms with Crippen molar-refractivity contribution in [1.29, 1.82) is 0 Å². The second-order valence-electron chi connectivity index (χ2n) is 13.2. The fraction of sp³-hybridized carbons (Fsp3) is 0.846. The Balaban J connectivity index is 3.97. The molecule has 0 rings (SSSR count). The van der Waals surface area contributed by atoms with E-state index in [1.807, 2.05) is 6.08 Å². The molecule has 0 saturated carbocycles. The van der Waals surface area contributed by atoms with Crippen molar-refractivity contribution < 1.29 is 37.9 Å². The molecule has 8 nitrogen and oxygen atoms in total. The van der Waals surface area contributed by atoms with Crippen LogP contribution in [0.15, 0.2) is 24.3 Å². The van der Waals surface area contributed by atoms with Gasteiger partial charge in [0.1, 0.15) is 6.61 Å². The van der Waals surface area contributed by atoms with Crippen LogP contribution in [0, 0.1) is 0 Å². The normalized spacial score (nSPS) is 12.7. The Hall–Kier alpha value is -1.47. The highest BCUT2D eigenvalue weighted by molar-refractivity contribution is 7.46. The minimum absolute atomic E-state index is 0.131. The van der Waals surface area contributed by atoms with Gasteiger partial charge in [-0.25, -0.2) is 4.57 Å². The monoisotopic (exact) mass is 701 g/mol. The van der Waals surface area contributed by atoms with Crippen LogP contribution in [0.4, 0.5) is 0 Å². The molecule has 0 aromatic rings. The zero-order valence-corrected chi connectivity index (χ0v) is 31.8. The lowest BCUT2D eigenvalue weighted by atomic mass is 10.1. The van der Waals surface area contributed by atoms with Crippen molar-refractivity contribution in [3.8, 4) is 0 Å². The predicted octanol–water partition coefficient (Wildman–Crippen LogP) is 11.6. The first kappa shape index (κ1) is 46.5. The van der Waals surface area contributed by atoms with Gasteiger partial charge in [-0.2, -0.15) is 0 Å². The molecule has 0 spiro atoms. The molecular formula is C39H73O8P. The zero-order chi connectivity index (χ0) is 35.4. The Morgan fingerprint density at radius 3 is 1.42 bits per heavy atom. The highest BCUT2D eigenvalue weighted by Gasteiger charge is 2.22. The number of phosphoric acid groups is 1. The van der Waals surface area contributed by atoms with Gasteiger partial charge in [-0.15, -0.1) is 0 Å². The highest BCUT2D eigenvalue weighted by atomic mass is 31.2. The van der Waals surface area contributed by atoms with Crippen LogP contribution in [0.2, 0.25) is 0 Å². The first-order chi connectivity index (χ1) is 23.3. The van der Waals surface area contributed by atoms with E-state index in [9.17, 15) is 14.2 Å². The van der Waals surface area contributed by atoms with Gasteiger partial charge in [0.15, 0.2) is 6.10 Å². The Morgan fingerprint density at radius 1 is 0.521 bits per heavy atom. The number of hydrogen-bond acceptors (Lipinski definition) is 6. The summed E-state index contributed by atoms with van der Waals surface area (Å²) >= 11 is 0. The molecule has 1 atom stereocenters. The van der Waals surface area contributed by atoms with E-state index in [4.69, 9.17) is 19.3 Å². The number of allylic oxidation sites excluding steroid dienone is 4. The number of hydrogen-bond donors (Lipinski definition) is 2. The number of carbonyl (C=O) groups excluding carboxylic acids is 2. The van der Waals surface area contributed by atoms with E-state index in [0.717, 1.165) is 38.5 Å². The van der Waals surface area contributed by atoms with Gasteiger partial charge < -0.3 is 19.3 Å². The van der Waals surface area contributed by atoms with E-state index in [1.54, 1.807) is 0 Å². The van der Waals surface area contributed by atoms with Crippen molar-refractivity contribution in [2.75, 3.05) is 13.2 Å². The molecule has 0 amide bonds. The molecule has 2 N–H and O–H groups in total. The van der Waals surface area contributed by atoms with Crippen LogP contribution in [0.25, 0.3) is 0 Å². The molecule has 48 heavy (non-hydrogen) atoms. The zero-order valence-electron chi connectivity index (χ0n) is 30.9. The third-order valence-electron chi connectivity index (χ3n) is 8.46. The number of rotatable bonds is 36. The lowest BCUT2D eigenvalue weighted by Gasteiger charge is -2.18. The average molecular weight is 701 g/mol. The van der Waals surface area contributed by atoms with Crippen LogP contribution in [-0.2, 0) is 28.2 Å². The quantitative estimate of drug-likeness (QED) is 0.0287. The summed E-state index contributed by atoms with van der Waals surface area (Å²) in [7, 11) is -4.76. The van der Waals surface area contributed by atoms with Gasteiger partial charge in [-0.05, 0) is 44.9 Å². The average Bonchev–Trinajstić information content (AvgIpc) is 3.05. The van der Waals surface area contributed by atoms with Crippen LogP contribution >= 0.6 is 7.82 Å². The summed E-state index contributed by atoms with van der Waals surface area (Å²) in [6.07, 6.45) is 39.1. The summed E-state index contributed by atoms with van der Waals surface area (Å²) < 4.78 is 26.3. The molecule has 0 aliphatic heterocycles. The molecule has 0 aliphatic rings. The number of esters is 2. The fourth-order valence-corrected chi connectivity index (χ4v) is 5.85. The summed E-state index contributed by atoms with van der Waals surface area (Å²) in [5.74, 6) is -0.940. The van der Waals surface area contributed by atoms with Crippen molar-refractivity contribution in [2.45, 2.75) is 200 Å². The summed E-state index contributed by atoms with van der Waals surface area (Å²) in [5, 5.41) is 0. The van der Waals surface area contributed by atoms with Crippen molar-refractivity contribution in [1.82, 2.24) is 0 Å². The molecule has 0 unspecified atom stereocenters. The van der Waals surface area contributed by atoms with Gasteiger partial charge in [0.2, 0.25) is 0 Å². The Kier molecular flexibility index (Phi) is 34.3. The Bertz CT molecular complexity index is 838. The summed E-state index contributed by atoms with van der Waals surface area (Å²) in [4.78, 5) is 42.7. The van der Waals surface area contributed by atoms with E-state index in [-0.39, 0.29) is 19.4 Å².